The van der Waals surface area contributed by atoms with E-state index in [-0.39, 0.29) is 0 Å². The molecule has 13 heavy (non-hydrogen) atoms. The van der Waals surface area contributed by atoms with Crippen molar-refractivity contribution in [2.24, 2.45) is 23.7 Å². The Hall–Kier alpha value is -0.0400. The van der Waals surface area contributed by atoms with Gasteiger partial charge in [-0.15, -0.1) is 0 Å². The van der Waals surface area contributed by atoms with Gasteiger partial charge in [-0.1, -0.05) is 6.92 Å². The van der Waals surface area contributed by atoms with Crippen LogP contribution >= 0.6 is 0 Å². The van der Waals surface area contributed by atoms with E-state index < -0.39 is 0 Å². The molecule has 3 aliphatic carbocycles. The Morgan fingerprint density at radius 3 is 2.23 bits per heavy atom. The second kappa shape index (κ2) is 2.50. The molecule has 1 heteroatoms. The fraction of sp³-hybridized carbons (Fsp3) is 1.00. The van der Waals surface area contributed by atoms with Crippen molar-refractivity contribution in [3.63, 3.8) is 0 Å². The van der Waals surface area contributed by atoms with Crippen molar-refractivity contribution in [1.82, 2.24) is 5.32 Å². The molecule has 0 aromatic heterocycles. The van der Waals surface area contributed by atoms with Crippen LogP contribution in [0.15, 0.2) is 0 Å². The Kier molecular flexibility index (Phi) is 1.59. The average Bonchev–Trinajstić information content (AvgIpc) is 1.97. The van der Waals surface area contributed by atoms with Gasteiger partial charge in [0.2, 0.25) is 0 Å². The van der Waals surface area contributed by atoms with Crippen LogP contribution in [-0.2, 0) is 0 Å². The lowest BCUT2D eigenvalue weighted by atomic mass is 9.41. The first-order chi connectivity index (χ1) is 6.22. The number of nitrogens with one attached hydrogen (secondary N) is 1. The van der Waals surface area contributed by atoms with E-state index >= 15 is 0 Å². The summed E-state index contributed by atoms with van der Waals surface area (Å²) in [7, 11) is 0. The Morgan fingerprint density at radius 2 is 1.77 bits per heavy atom. The maximum absolute atomic E-state index is 3.70. The van der Waals surface area contributed by atoms with E-state index in [2.05, 4.69) is 19.2 Å². The van der Waals surface area contributed by atoms with Crippen LogP contribution in [0.2, 0.25) is 0 Å². The number of hydrogen-bond donors (Lipinski definition) is 1. The van der Waals surface area contributed by atoms with Crippen molar-refractivity contribution in [1.29, 1.82) is 0 Å². The van der Waals surface area contributed by atoms with Gasteiger partial charge < -0.3 is 5.32 Å². The van der Waals surface area contributed by atoms with Gasteiger partial charge in [0.05, 0.1) is 0 Å². The summed E-state index contributed by atoms with van der Waals surface area (Å²) in [5.41, 5.74) is 0.492. The van der Waals surface area contributed by atoms with Gasteiger partial charge in [0.1, 0.15) is 0 Å². The van der Waals surface area contributed by atoms with E-state index in [0.29, 0.717) is 5.54 Å². The smallest absolute Gasteiger partial charge is 0.0158 e. The molecule has 0 heterocycles. The van der Waals surface area contributed by atoms with Crippen LogP contribution in [0, 0.1) is 23.7 Å². The summed E-state index contributed by atoms with van der Waals surface area (Å²) in [6.07, 6.45) is 6.03. The third kappa shape index (κ3) is 1.03. The van der Waals surface area contributed by atoms with Crippen molar-refractivity contribution in [3.8, 4) is 0 Å². The molecule has 0 spiro atoms. The van der Waals surface area contributed by atoms with Crippen LogP contribution in [-0.4, -0.2) is 12.1 Å². The fourth-order valence-corrected chi connectivity index (χ4v) is 4.52. The third-order valence-electron chi connectivity index (χ3n) is 4.87. The lowest BCUT2D eigenvalue weighted by Crippen LogP contribution is -2.62. The molecule has 1 nitrogen and oxygen atoms in total. The van der Waals surface area contributed by atoms with Crippen molar-refractivity contribution in [2.75, 3.05) is 6.54 Å². The van der Waals surface area contributed by atoms with Crippen LogP contribution in [0.5, 0.6) is 0 Å². The highest BCUT2D eigenvalue weighted by Crippen LogP contribution is 2.65. The fourth-order valence-electron chi connectivity index (χ4n) is 4.52. The van der Waals surface area contributed by atoms with Gasteiger partial charge >= 0.3 is 0 Å². The summed E-state index contributed by atoms with van der Waals surface area (Å²) in [4.78, 5) is 0. The first-order valence-corrected chi connectivity index (χ1v) is 5.97. The monoisotopic (exact) mass is 179 g/mol. The molecule has 0 aromatic rings. The predicted octanol–water partition coefficient (Wildman–Crippen LogP) is 2.42. The molecule has 2 unspecified atom stereocenters. The Bertz CT molecular complexity index is 207. The normalized spacial score (nSPS) is 57.7. The van der Waals surface area contributed by atoms with E-state index in [9.17, 15) is 0 Å². The lowest BCUT2D eigenvalue weighted by Gasteiger charge is -2.65. The molecule has 3 aliphatic rings. The van der Waals surface area contributed by atoms with Gasteiger partial charge in [0.15, 0.2) is 0 Å². The molecule has 0 bridgehead atoms. The van der Waals surface area contributed by atoms with Crippen LogP contribution in [0.1, 0.15) is 39.5 Å². The highest BCUT2D eigenvalue weighted by Gasteiger charge is 2.59. The highest BCUT2D eigenvalue weighted by atomic mass is 15.0. The minimum Gasteiger partial charge on any atom is -0.312 e. The van der Waals surface area contributed by atoms with E-state index in [0.717, 1.165) is 18.4 Å². The van der Waals surface area contributed by atoms with Crippen LogP contribution in [0.25, 0.3) is 0 Å². The zero-order valence-corrected chi connectivity index (χ0v) is 8.84. The average molecular weight is 179 g/mol. The van der Waals surface area contributed by atoms with E-state index in [1.807, 2.05) is 0 Å². The topological polar surface area (TPSA) is 12.0 Å². The Balaban J connectivity index is 1.72. The largest absolute Gasteiger partial charge is 0.312 e. The van der Waals surface area contributed by atoms with Gasteiger partial charge in [0, 0.05) is 5.54 Å². The molecule has 0 aromatic carbocycles. The molecule has 0 aliphatic heterocycles. The molecule has 0 radical (unpaired) electrons. The minimum absolute atomic E-state index is 0.492. The van der Waals surface area contributed by atoms with Crippen molar-refractivity contribution in [2.45, 2.75) is 45.1 Å². The molecule has 74 valence electrons. The molecule has 0 amide bonds. The summed E-state index contributed by atoms with van der Waals surface area (Å²) in [5.74, 6) is 4.54. The third-order valence-corrected chi connectivity index (χ3v) is 4.87. The number of rotatable bonds is 2. The Labute approximate surface area is 81.3 Å². The summed E-state index contributed by atoms with van der Waals surface area (Å²) in [6, 6.07) is 0. The van der Waals surface area contributed by atoms with Crippen LogP contribution < -0.4 is 5.32 Å². The van der Waals surface area contributed by atoms with Gasteiger partial charge in [-0.2, -0.15) is 0 Å². The standard InChI is InChI=1S/C12H21N/c1-3-13-12(2)6-9-4-8-5-10(7-12)11(8)9/h8-11,13H,3-7H2,1-2H3. The minimum atomic E-state index is 0.492. The second-order valence-corrected chi connectivity index (χ2v) is 5.83. The van der Waals surface area contributed by atoms with Crippen molar-refractivity contribution >= 4 is 0 Å². The molecule has 1 N–H and O–H groups in total. The zero-order valence-electron chi connectivity index (χ0n) is 8.84. The molecule has 3 saturated carbocycles. The highest BCUT2D eigenvalue weighted by molar-refractivity contribution is 5.10. The molecular formula is C12H21N. The van der Waals surface area contributed by atoms with Gasteiger partial charge in [-0.3, -0.25) is 0 Å². The summed E-state index contributed by atoms with van der Waals surface area (Å²) >= 11 is 0. The lowest BCUT2D eigenvalue weighted by molar-refractivity contribution is -0.144. The zero-order chi connectivity index (χ0) is 9.05. The number of hydrogen-bond acceptors (Lipinski definition) is 1. The molecule has 0 saturated heterocycles. The molecule has 3 rings (SSSR count). The summed E-state index contributed by atoms with van der Waals surface area (Å²) in [5, 5.41) is 3.70. The summed E-state index contributed by atoms with van der Waals surface area (Å²) < 4.78 is 0. The maximum Gasteiger partial charge on any atom is 0.0158 e. The van der Waals surface area contributed by atoms with Gasteiger partial charge in [0.25, 0.3) is 0 Å². The maximum atomic E-state index is 3.70. The van der Waals surface area contributed by atoms with Crippen LogP contribution in [0.3, 0.4) is 0 Å². The van der Waals surface area contributed by atoms with Crippen LogP contribution in [0.4, 0.5) is 0 Å². The molecule has 3 fully saturated rings. The predicted molar refractivity (Wildman–Crippen MR) is 54.5 cm³/mol. The van der Waals surface area contributed by atoms with Crippen molar-refractivity contribution < 1.29 is 0 Å². The van der Waals surface area contributed by atoms with Crippen molar-refractivity contribution in [3.05, 3.63) is 0 Å². The SMILES string of the molecule is CCNC1(C)CC2CC3CC(C1)C32. The van der Waals surface area contributed by atoms with E-state index in [1.54, 1.807) is 12.8 Å². The van der Waals surface area contributed by atoms with E-state index in [4.69, 9.17) is 0 Å². The second-order valence-electron chi connectivity index (χ2n) is 5.83. The van der Waals surface area contributed by atoms with Gasteiger partial charge in [-0.25, -0.2) is 0 Å². The Morgan fingerprint density at radius 1 is 1.15 bits per heavy atom. The molecule has 2 atom stereocenters. The molecular weight excluding hydrogens is 158 g/mol. The van der Waals surface area contributed by atoms with Gasteiger partial charge in [-0.05, 0) is 62.8 Å². The van der Waals surface area contributed by atoms with E-state index in [1.165, 1.54) is 24.7 Å². The quantitative estimate of drug-likeness (QED) is 0.686. The first kappa shape index (κ1) is 8.28. The summed E-state index contributed by atoms with van der Waals surface area (Å²) in [6.45, 7) is 5.82. The first-order valence-electron chi connectivity index (χ1n) is 5.97.